The lowest BCUT2D eigenvalue weighted by molar-refractivity contribution is -0.758. The predicted molar refractivity (Wildman–Crippen MR) is 251 cm³/mol. The summed E-state index contributed by atoms with van der Waals surface area (Å²) in [6.45, 7) is 1.38. The zero-order valence-electron chi connectivity index (χ0n) is 39.3. The number of hydrogen-bond donors (Lipinski definition) is 1. The van der Waals surface area contributed by atoms with Gasteiger partial charge in [-0.2, -0.15) is 0 Å². The molecule has 6 atom stereocenters. The van der Waals surface area contributed by atoms with E-state index in [4.69, 9.17) is 40.0 Å². The summed E-state index contributed by atoms with van der Waals surface area (Å²) in [5, 5.41) is 21.5. The smallest absolute Gasteiger partial charge is 0.410 e. The number of carbonyl (C=O) groups excluding carboxylic acids is 3. The van der Waals surface area contributed by atoms with Gasteiger partial charge < -0.3 is 48.3 Å². The summed E-state index contributed by atoms with van der Waals surface area (Å²) in [5.74, 6) is -2.23. The molecule has 2 aliphatic heterocycles. The van der Waals surface area contributed by atoms with E-state index in [0.717, 1.165) is 53.0 Å². The van der Waals surface area contributed by atoms with Crippen LogP contribution in [0.3, 0.4) is 0 Å². The first kappa shape index (κ1) is 53.0. The van der Waals surface area contributed by atoms with Crippen molar-refractivity contribution >= 4 is 37.6 Å². The van der Waals surface area contributed by atoms with Gasteiger partial charge in [0.1, 0.15) is 43.0 Å². The molecule has 2 aliphatic carbocycles. The third-order valence-electron chi connectivity index (χ3n) is 13.3. The number of ether oxygens (including phenoxy) is 6. The van der Waals surface area contributed by atoms with Crippen molar-refractivity contribution in [2.45, 2.75) is 69.6 Å². The highest BCUT2D eigenvalue weighted by atomic mass is 35.5. The van der Waals surface area contributed by atoms with Crippen LogP contribution in [-0.4, -0.2) is 141 Å². The van der Waals surface area contributed by atoms with Gasteiger partial charge >= 0.3 is 12.2 Å². The minimum atomic E-state index is -0.942. The molecular weight excluding hydrogens is 979 g/mol. The van der Waals surface area contributed by atoms with Crippen LogP contribution in [0.25, 0.3) is 0 Å². The fourth-order valence-corrected chi connectivity index (χ4v) is 13.4. The van der Waals surface area contributed by atoms with Crippen LogP contribution >= 0.6 is 19.5 Å². The molecule has 4 aliphatic rings. The second-order valence-corrected chi connectivity index (χ2v) is 20.5. The second-order valence-electron chi connectivity index (χ2n) is 17.7. The molecule has 20 nitrogen and oxygen atoms in total. The first-order chi connectivity index (χ1) is 34.2. The van der Waals surface area contributed by atoms with Crippen LogP contribution < -0.4 is 14.8 Å². The van der Waals surface area contributed by atoms with Gasteiger partial charge in [-0.15, -0.1) is 20.2 Å². The third-order valence-corrected chi connectivity index (χ3v) is 16.1. The number of carbonyl (C=O) groups is 3. The van der Waals surface area contributed by atoms with Gasteiger partial charge in [0, 0.05) is 30.3 Å². The van der Waals surface area contributed by atoms with Gasteiger partial charge in [0.15, 0.2) is 11.6 Å². The number of benzene rings is 3. The highest BCUT2D eigenvalue weighted by Gasteiger charge is 2.74. The Hall–Kier alpha value is -5.83. The highest BCUT2D eigenvalue weighted by molar-refractivity contribution is 7.58. The molecule has 0 aromatic heterocycles. The van der Waals surface area contributed by atoms with Gasteiger partial charge in [0.05, 0.1) is 52.1 Å². The van der Waals surface area contributed by atoms with E-state index in [2.05, 4.69) is 15.0 Å². The zero-order valence-corrected chi connectivity index (χ0v) is 41.0. The van der Waals surface area contributed by atoms with Crippen molar-refractivity contribution in [3.05, 3.63) is 114 Å². The van der Waals surface area contributed by atoms with E-state index < -0.39 is 64.3 Å². The summed E-state index contributed by atoms with van der Waals surface area (Å²) in [5.41, 5.74) is 3.23. The van der Waals surface area contributed by atoms with Crippen LogP contribution in [0.4, 0.5) is 18.4 Å². The van der Waals surface area contributed by atoms with E-state index in [1.165, 1.54) is 0 Å². The Bertz CT molecular complexity index is 2370. The number of aryl methyl sites for hydroxylation is 2. The normalized spacial score (nSPS) is 21.8. The van der Waals surface area contributed by atoms with Crippen molar-refractivity contribution in [1.82, 2.24) is 15.1 Å². The van der Waals surface area contributed by atoms with Gasteiger partial charge in [0.25, 0.3) is 10.2 Å². The molecule has 386 valence electrons. The Balaban J connectivity index is 1.11. The maximum absolute atomic E-state index is 15.6. The quantitative estimate of drug-likeness (QED) is 0.0265. The highest BCUT2D eigenvalue weighted by Crippen LogP contribution is 2.71. The van der Waals surface area contributed by atoms with Crippen molar-refractivity contribution in [2.75, 3.05) is 85.2 Å². The van der Waals surface area contributed by atoms with Crippen LogP contribution in [0.2, 0.25) is 5.02 Å². The zero-order chi connectivity index (χ0) is 50.7. The van der Waals surface area contributed by atoms with Gasteiger partial charge in [-0.3, -0.25) is 9.69 Å². The van der Waals surface area contributed by atoms with Crippen LogP contribution in [-0.2, 0) is 46.4 Å². The van der Waals surface area contributed by atoms with Crippen LogP contribution in [0.1, 0.15) is 53.9 Å². The molecule has 3 aromatic carbocycles. The van der Waals surface area contributed by atoms with Crippen molar-refractivity contribution in [3.63, 3.8) is 0 Å². The van der Waals surface area contributed by atoms with Crippen LogP contribution in [0.15, 0.2) is 54.6 Å². The molecule has 3 aromatic rings. The number of nitrogens with one attached hydrogen (secondary N) is 1. The summed E-state index contributed by atoms with van der Waals surface area (Å²) in [4.78, 5) is 75.8. The van der Waals surface area contributed by atoms with Crippen LogP contribution in [0, 0.1) is 50.1 Å². The molecule has 2 heterocycles. The van der Waals surface area contributed by atoms with Crippen molar-refractivity contribution in [2.24, 2.45) is 11.3 Å². The lowest BCUT2D eigenvalue weighted by Crippen LogP contribution is -2.73. The number of amides is 3. The maximum atomic E-state index is 15.6. The molecular formula is C47H57ClF2N5O15P. The van der Waals surface area contributed by atoms with E-state index in [0.29, 0.717) is 38.1 Å². The monoisotopic (exact) mass is 1040 g/mol. The van der Waals surface area contributed by atoms with Crippen molar-refractivity contribution < 1.29 is 71.4 Å². The van der Waals surface area contributed by atoms with E-state index in [1.54, 1.807) is 12.0 Å². The van der Waals surface area contributed by atoms with Crippen LogP contribution in [0.5, 0.6) is 11.5 Å². The van der Waals surface area contributed by atoms with E-state index >= 15 is 4.79 Å². The van der Waals surface area contributed by atoms with Gasteiger partial charge in [-0.1, -0.05) is 55.9 Å². The number of methoxy groups -OCH3 is 1. The summed E-state index contributed by atoms with van der Waals surface area (Å²) >= 11 is 5.95. The van der Waals surface area contributed by atoms with Gasteiger partial charge in [0.2, 0.25) is 5.91 Å². The average Bonchev–Trinajstić information content (AvgIpc) is 4.09. The Kier molecular flexibility index (Phi) is 18.3. The summed E-state index contributed by atoms with van der Waals surface area (Å²) < 4.78 is 61.1. The summed E-state index contributed by atoms with van der Waals surface area (Å²) in [7, 11) is 0.664. The second kappa shape index (κ2) is 24.5. The summed E-state index contributed by atoms with van der Waals surface area (Å²) in [6.07, 6.45) is 3.47. The Morgan fingerprint density at radius 2 is 1.52 bits per heavy atom. The predicted octanol–water partition coefficient (Wildman–Crippen LogP) is 7.05. The minimum absolute atomic E-state index is 0.000157. The first-order valence-electron chi connectivity index (χ1n) is 23.3. The lowest BCUT2D eigenvalue weighted by Gasteiger charge is -2.58. The molecule has 24 heteroatoms. The molecule has 6 unspecified atom stereocenters. The molecule has 2 saturated heterocycles. The molecule has 2 saturated carbocycles. The molecule has 0 bridgehead atoms. The van der Waals surface area contributed by atoms with Crippen molar-refractivity contribution in [1.29, 1.82) is 0 Å². The largest absolute Gasteiger partial charge is 0.496 e. The molecule has 1 N–H and O–H groups in total. The minimum Gasteiger partial charge on any atom is -0.496 e. The van der Waals surface area contributed by atoms with Gasteiger partial charge in [-0.05, 0) is 97.7 Å². The summed E-state index contributed by atoms with van der Waals surface area (Å²) in [6, 6.07) is 14.8. The molecule has 4 fully saturated rings. The van der Waals surface area contributed by atoms with E-state index in [1.807, 2.05) is 54.3 Å². The number of nitrogens with zero attached hydrogens (tertiary/aromatic N) is 4. The van der Waals surface area contributed by atoms with E-state index in [9.17, 15) is 38.6 Å². The van der Waals surface area contributed by atoms with Crippen molar-refractivity contribution in [3.8, 4) is 11.5 Å². The Morgan fingerprint density at radius 3 is 2.17 bits per heavy atom. The molecule has 1 spiro atoms. The number of hydrogen-bond acceptors (Lipinski definition) is 15. The Morgan fingerprint density at radius 1 is 0.873 bits per heavy atom. The SMILES string of the molecule is COc1ccc(CN(C(=O)C2C(c3ccc(CCCOc4c(F)ccc(F)c4Cl)cc3)CC34CP(CNC(=O)OCCOCCO[N+](=O)[O-])CC3N(C(=O)OCCOCCO[N+](=O)[O-])C24)C2CC2)cc1C. The standard InChI is InChI=1S/C47H57ClF2N5O15P/c1-30-24-32(7-14-38(30)63-2)26-52(34-10-11-34)44(56)40-35(33-8-5-31(6-9-33)4-3-15-66-42-37(50)13-12-36(49)41(42)48)25-47-28-71(29-51-45(57)67-20-16-64-18-22-69-54(59)60)27-39(47)53(43(40)47)46(58)68-21-17-65-19-23-70-55(61)62/h5-9,12-14,24,34-35,39-40,43H,3-4,10-11,15-23,25-29H2,1-2H3,(H,51,57). The topological polar surface area (TPSA) is 230 Å². The number of likely N-dealkylation sites (tertiary alicyclic amines) is 1. The fourth-order valence-electron chi connectivity index (χ4n) is 10.1. The van der Waals surface area contributed by atoms with Gasteiger partial charge in [-0.25, -0.2) is 18.4 Å². The average molecular weight is 1040 g/mol. The Labute approximate surface area is 414 Å². The lowest BCUT2D eigenvalue weighted by atomic mass is 9.67. The van der Waals surface area contributed by atoms with E-state index in [-0.39, 0.29) is 95.4 Å². The maximum Gasteiger partial charge on any atom is 0.410 e. The fraction of sp³-hybridized carbons (Fsp3) is 0.553. The number of halogens is 3. The molecule has 71 heavy (non-hydrogen) atoms. The molecule has 0 radical (unpaired) electrons. The molecule has 7 rings (SSSR count). The first-order valence-corrected chi connectivity index (χ1v) is 25.6. The number of alkyl carbamates (subject to hydrolysis) is 1. The number of rotatable bonds is 27. The third kappa shape index (κ3) is 13.2. The molecule has 3 amide bonds.